The predicted molar refractivity (Wildman–Crippen MR) is 165 cm³/mol. The van der Waals surface area contributed by atoms with Crippen LogP contribution in [0.5, 0.6) is 11.5 Å². The fraction of sp³-hybridized carbons (Fsp3) is 0.179. The van der Waals surface area contributed by atoms with Crippen LogP contribution in [-0.2, 0) is 24.0 Å². The lowest BCUT2D eigenvalue weighted by molar-refractivity contribution is -0.137. The van der Waals surface area contributed by atoms with Gasteiger partial charge >= 0.3 is 6.18 Å². The van der Waals surface area contributed by atoms with Crippen molar-refractivity contribution in [1.82, 2.24) is 10.4 Å². The van der Waals surface area contributed by atoms with Crippen LogP contribution in [0.4, 0.5) is 24.0 Å². The number of benzene rings is 3. The smallest absolute Gasteiger partial charge is 0.416 e. The highest BCUT2D eigenvalue weighted by Gasteiger charge is 2.30. The van der Waals surface area contributed by atoms with Crippen LogP contribution < -0.4 is 20.2 Å². The van der Waals surface area contributed by atoms with E-state index in [1.165, 1.54) is 29.7 Å². The van der Waals surface area contributed by atoms with Crippen molar-refractivity contribution in [1.29, 1.82) is 0 Å². The van der Waals surface area contributed by atoms with E-state index >= 15 is 0 Å². The molecule has 1 aromatic heterocycles. The summed E-state index contributed by atoms with van der Waals surface area (Å²) in [7, 11) is 0. The number of carbonyl (C=O) groups is 1. The topological polar surface area (TPSA) is 84.8 Å². The standard InChI is InChI=1S/C28H23BrF3IN4O3S/c1-2-39-24-11-18(10-23(33)26(24)40-15-17-6-8-20(29)9-7-17)14-34-37-25(38)13-22-16-41-27(36-22)35-21-5-3-4-19(12-21)28(30,31)32/h3-12,14,16H,2,13,15H2,1H3,(H,35,36)(H,37,38)/b34-14-. The molecule has 0 atom stereocenters. The minimum atomic E-state index is -4.44. The fourth-order valence-electron chi connectivity index (χ4n) is 3.53. The second-order valence-electron chi connectivity index (χ2n) is 8.50. The lowest BCUT2D eigenvalue weighted by Gasteiger charge is -2.15. The number of halogens is 5. The van der Waals surface area contributed by atoms with Crippen molar-refractivity contribution < 1.29 is 27.4 Å². The number of alkyl halides is 3. The summed E-state index contributed by atoms with van der Waals surface area (Å²) in [6, 6.07) is 16.3. The predicted octanol–water partition coefficient (Wildman–Crippen LogP) is 7.94. The number of hydrazone groups is 1. The highest BCUT2D eigenvalue weighted by molar-refractivity contribution is 14.1. The van der Waals surface area contributed by atoms with E-state index in [0.29, 0.717) is 41.1 Å². The molecule has 2 N–H and O–H groups in total. The van der Waals surface area contributed by atoms with E-state index in [1.807, 2.05) is 37.3 Å². The third-order valence-corrected chi connectivity index (χ3v) is 7.50. The zero-order valence-corrected chi connectivity index (χ0v) is 26.0. The Balaban J connectivity index is 1.34. The van der Waals surface area contributed by atoms with Crippen LogP contribution in [0.1, 0.15) is 29.3 Å². The highest BCUT2D eigenvalue weighted by Crippen LogP contribution is 2.35. The summed E-state index contributed by atoms with van der Waals surface area (Å²) in [4.78, 5) is 16.7. The molecule has 0 fully saturated rings. The molecule has 0 spiro atoms. The maximum absolute atomic E-state index is 12.9. The summed E-state index contributed by atoms with van der Waals surface area (Å²) in [5.41, 5.74) is 4.13. The SMILES string of the molecule is CCOc1cc(/C=N\NC(=O)Cc2csc(Nc3cccc(C(F)(F)F)c3)n2)cc(I)c1OCc1ccc(Br)cc1. The minimum absolute atomic E-state index is 0.0529. The van der Waals surface area contributed by atoms with Gasteiger partial charge in [-0.15, -0.1) is 11.3 Å². The summed E-state index contributed by atoms with van der Waals surface area (Å²) >= 11 is 6.77. The van der Waals surface area contributed by atoms with E-state index in [0.717, 1.165) is 25.7 Å². The van der Waals surface area contributed by atoms with Crippen LogP contribution in [0.15, 0.2) is 75.6 Å². The number of amides is 1. The van der Waals surface area contributed by atoms with Gasteiger partial charge in [-0.1, -0.05) is 34.1 Å². The maximum atomic E-state index is 12.9. The molecule has 3 aromatic carbocycles. The number of rotatable bonds is 11. The van der Waals surface area contributed by atoms with Gasteiger partial charge in [0.15, 0.2) is 16.6 Å². The third kappa shape index (κ3) is 9.16. The summed E-state index contributed by atoms with van der Waals surface area (Å²) in [5, 5.41) is 8.91. The van der Waals surface area contributed by atoms with E-state index in [4.69, 9.17) is 9.47 Å². The maximum Gasteiger partial charge on any atom is 0.416 e. The molecule has 41 heavy (non-hydrogen) atoms. The quantitative estimate of drug-likeness (QED) is 0.0923. The Labute approximate surface area is 260 Å². The van der Waals surface area contributed by atoms with Gasteiger partial charge in [0.2, 0.25) is 5.91 Å². The number of thiazole rings is 1. The van der Waals surface area contributed by atoms with Gasteiger partial charge in [-0.25, -0.2) is 10.4 Å². The number of nitrogens with one attached hydrogen (secondary N) is 2. The zero-order chi connectivity index (χ0) is 29.4. The fourth-order valence-corrected chi connectivity index (χ4v) is 5.30. The first-order valence-electron chi connectivity index (χ1n) is 12.1. The number of anilines is 2. The van der Waals surface area contributed by atoms with Gasteiger partial charge in [0.05, 0.1) is 34.1 Å². The minimum Gasteiger partial charge on any atom is -0.490 e. The highest BCUT2D eigenvalue weighted by atomic mass is 127. The molecule has 0 aliphatic carbocycles. The molecule has 13 heteroatoms. The monoisotopic (exact) mass is 758 g/mol. The van der Waals surface area contributed by atoms with Crippen molar-refractivity contribution >= 4 is 72.8 Å². The van der Waals surface area contributed by atoms with Crippen molar-refractivity contribution in [2.24, 2.45) is 5.10 Å². The summed E-state index contributed by atoms with van der Waals surface area (Å²) in [6.07, 6.45) is -2.99. The van der Waals surface area contributed by atoms with E-state index in [-0.39, 0.29) is 12.1 Å². The normalized spacial score (nSPS) is 11.5. The molecule has 1 heterocycles. The van der Waals surface area contributed by atoms with Crippen LogP contribution in [0.2, 0.25) is 0 Å². The van der Waals surface area contributed by atoms with Crippen molar-refractivity contribution in [3.05, 3.63) is 96.5 Å². The van der Waals surface area contributed by atoms with Crippen molar-refractivity contribution in [3.63, 3.8) is 0 Å². The van der Waals surface area contributed by atoms with Crippen LogP contribution in [0, 0.1) is 3.57 Å². The van der Waals surface area contributed by atoms with Crippen LogP contribution >= 0.6 is 49.9 Å². The van der Waals surface area contributed by atoms with E-state index < -0.39 is 17.6 Å². The lowest BCUT2D eigenvalue weighted by atomic mass is 10.2. The molecule has 0 saturated heterocycles. The van der Waals surface area contributed by atoms with E-state index in [2.05, 4.69) is 59.3 Å². The Morgan fingerprint density at radius 3 is 2.66 bits per heavy atom. The molecule has 1 amide bonds. The van der Waals surface area contributed by atoms with Crippen molar-refractivity contribution in [2.45, 2.75) is 26.1 Å². The Bertz CT molecular complexity index is 1530. The second kappa shape index (κ2) is 14.1. The third-order valence-electron chi connectivity index (χ3n) is 5.37. The average Bonchev–Trinajstić information content (AvgIpc) is 3.35. The zero-order valence-electron chi connectivity index (χ0n) is 21.5. The van der Waals surface area contributed by atoms with Gasteiger partial charge in [0.25, 0.3) is 0 Å². The molecular weight excluding hydrogens is 736 g/mol. The second-order valence-corrected chi connectivity index (χ2v) is 11.4. The largest absolute Gasteiger partial charge is 0.490 e. The molecule has 4 aromatic rings. The van der Waals surface area contributed by atoms with Crippen molar-refractivity contribution in [3.8, 4) is 11.5 Å². The molecule has 0 unspecified atom stereocenters. The number of carbonyl (C=O) groups excluding carboxylic acids is 1. The van der Waals surface area contributed by atoms with Gasteiger partial charge in [0, 0.05) is 15.5 Å². The number of ether oxygens (including phenoxy) is 2. The summed E-state index contributed by atoms with van der Waals surface area (Å²) < 4.78 is 52.5. The van der Waals surface area contributed by atoms with Crippen LogP contribution in [0.3, 0.4) is 0 Å². The molecule has 0 aliphatic heterocycles. The molecular formula is C28H23BrF3IN4O3S. The molecule has 4 rings (SSSR count). The molecule has 214 valence electrons. The average molecular weight is 759 g/mol. The van der Waals surface area contributed by atoms with Gasteiger partial charge in [-0.2, -0.15) is 18.3 Å². The number of nitrogens with zero attached hydrogens (tertiary/aromatic N) is 2. The number of hydrogen-bond acceptors (Lipinski definition) is 7. The molecule has 0 bridgehead atoms. The van der Waals surface area contributed by atoms with Gasteiger partial charge in [-0.3, -0.25) is 4.79 Å². The summed E-state index contributed by atoms with van der Waals surface area (Å²) in [6.45, 7) is 2.70. The Morgan fingerprint density at radius 1 is 1.15 bits per heavy atom. The molecule has 0 aliphatic rings. The van der Waals surface area contributed by atoms with Crippen molar-refractivity contribution in [2.75, 3.05) is 11.9 Å². The van der Waals surface area contributed by atoms with Gasteiger partial charge in [-0.05, 0) is 83.1 Å². The van der Waals surface area contributed by atoms with Gasteiger partial charge in [0.1, 0.15) is 6.61 Å². The Morgan fingerprint density at radius 2 is 1.93 bits per heavy atom. The van der Waals surface area contributed by atoms with Crippen LogP contribution in [0.25, 0.3) is 0 Å². The van der Waals surface area contributed by atoms with Gasteiger partial charge < -0.3 is 14.8 Å². The Kier molecular flexibility index (Phi) is 10.6. The van der Waals surface area contributed by atoms with E-state index in [1.54, 1.807) is 11.4 Å². The molecule has 7 nitrogen and oxygen atoms in total. The van der Waals surface area contributed by atoms with Crippen LogP contribution in [-0.4, -0.2) is 23.7 Å². The van der Waals surface area contributed by atoms with E-state index in [9.17, 15) is 18.0 Å². The number of aromatic nitrogens is 1. The number of hydrogen-bond donors (Lipinski definition) is 2. The first-order valence-corrected chi connectivity index (χ1v) is 14.9. The first-order chi connectivity index (χ1) is 19.6. The Hall–Kier alpha value is -3.17. The first kappa shape index (κ1) is 30.8. The molecule has 0 radical (unpaired) electrons. The summed E-state index contributed by atoms with van der Waals surface area (Å²) in [5.74, 6) is 0.786. The lowest BCUT2D eigenvalue weighted by Crippen LogP contribution is -2.20. The molecule has 0 saturated carbocycles.